The second-order valence-electron chi connectivity index (χ2n) is 8.25. The molecule has 2 aromatic carbocycles. The summed E-state index contributed by atoms with van der Waals surface area (Å²) in [7, 11) is -1.26. The molecule has 158 valence electrons. The Bertz CT molecular complexity index is 896. The van der Waals surface area contributed by atoms with Crippen LogP contribution in [0, 0.1) is 11.5 Å². The van der Waals surface area contributed by atoms with E-state index in [1.807, 2.05) is 29.2 Å². The van der Waals surface area contributed by atoms with Crippen molar-refractivity contribution in [2.75, 3.05) is 18.0 Å². The second-order valence-corrected chi connectivity index (χ2v) is 10.2. The third kappa shape index (κ3) is 4.88. The summed E-state index contributed by atoms with van der Waals surface area (Å²) in [6, 6.07) is 15.6. The van der Waals surface area contributed by atoms with Crippen molar-refractivity contribution in [3.63, 3.8) is 0 Å². The third-order valence-electron chi connectivity index (χ3n) is 6.42. The Morgan fingerprint density at radius 3 is 2.03 bits per heavy atom. The van der Waals surface area contributed by atoms with Gasteiger partial charge in [0.25, 0.3) is 0 Å². The largest absolute Gasteiger partial charge is 0.300 e. The molecule has 4 rings (SSSR count). The lowest BCUT2D eigenvalue weighted by Crippen LogP contribution is -2.47. The van der Waals surface area contributed by atoms with Crippen LogP contribution in [0.2, 0.25) is 5.02 Å². The van der Waals surface area contributed by atoms with Crippen LogP contribution in [0.5, 0.6) is 0 Å². The molecular formula is C24H28ClN3OS. The first-order chi connectivity index (χ1) is 14.7. The fraction of sp³-hybridized carbons (Fsp3) is 0.458. The lowest BCUT2D eigenvalue weighted by atomic mass is 9.92. The number of hydrogen-bond acceptors (Lipinski definition) is 4. The van der Waals surface area contributed by atoms with Crippen molar-refractivity contribution >= 4 is 28.1 Å². The highest BCUT2D eigenvalue weighted by atomic mass is 35.5. The van der Waals surface area contributed by atoms with Crippen molar-refractivity contribution < 1.29 is 4.21 Å². The number of halogens is 1. The molecular weight excluding hydrogens is 414 g/mol. The summed E-state index contributed by atoms with van der Waals surface area (Å²) < 4.78 is 12.8. The van der Waals surface area contributed by atoms with E-state index in [9.17, 15) is 9.47 Å². The van der Waals surface area contributed by atoms with Crippen LogP contribution in [0.1, 0.15) is 44.9 Å². The van der Waals surface area contributed by atoms with Gasteiger partial charge in [-0.1, -0.05) is 30.9 Å². The quantitative estimate of drug-likeness (QED) is 0.448. The van der Waals surface area contributed by atoms with Crippen LogP contribution in [0.3, 0.4) is 0 Å². The van der Waals surface area contributed by atoms with Gasteiger partial charge in [0.1, 0.15) is 0 Å². The molecule has 1 atom stereocenters. The van der Waals surface area contributed by atoms with E-state index in [0.29, 0.717) is 5.02 Å². The number of nitriles is 1. The predicted molar refractivity (Wildman–Crippen MR) is 122 cm³/mol. The summed E-state index contributed by atoms with van der Waals surface area (Å²) in [5.41, 5.74) is 0.880. The first kappa shape index (κ1) is 21.4. The van der Waals surface area contributed by atoms with Crippen LogP contribution in [0.4, 0.5) is 5.69 Å². The van der Waals surface area contributed by atoms with Crippen molar-refractivity contribution in [1.82, 2.24) is 4.90 Å². The molecule has 1 saturated carbocycles. The number of likely N-dealkylation sites (tertiary alicyclic amines) is 1. The first-order valence-corrected chi connectivity index (χ1v) is 12.4. The van der Waals surface area contributed by atoms with Crippen molar-refractivity contribution in [3.8, 4) is 6.19 Å². The van der Waals surface area contributed by atoms with E-state index in [-0.39, 0.29) is 6.04 Å². The zero-order valence-electron chi connectivity index (χ0n) is 17.2. The standard InChI is InChI=1S/C24H28ClN3OS/c25-19-6-10-23(11-7-19)30(29)24-12-8-21(9-13-24)28(18-26)22-14-16-27(17-15-22)20-4-2-1-3-5-20/h6-13,20,22H,1-5,14-17H2. The zero-order chi connectivity index (χ0) is 20.9. The third-order valence-corrected chi connectivity index (χ3v) is 8.07. The second kappa shape index (κ2) is 9.96. The highest BCUT2D eigenvalue weighted by Crippen LogP contribution is 2.29. The maximum atomic E-state index is 12.8. The molecule has 0 N–H and O–H groups in total. The Labute approximate surface area is 186 Å². The van der Waals surface area contributed by atoms with Gasteiger partial charge in [-0.3, -0.25) is 4.90 Å². The van der Waals surface area contributed by atoms with E-state index < -0.39 is 10.8 Å². The molecule has 1 unspecified atom stereocenters. The van der Waals surface area contributed by atoms with Crippen LogP contribution in [0.15, 0.2) is 58.3 Å². The van der Waals surface area contributed by atoms with Gasteiger partial charge in [-0.05, 0) is 74.2 Å². The summed E-state index contributed by atoms with van der Waals surface area (Å²) in [4.78, 5) is 5.93. The monoisotopic (exact) mass is 441 g/mol. The molecule has 1 heterocycles. The molecule has 1 aliphatic heterocycles. The number of piperidine rings is 1. The Kier molecular flexibility index (Phi) is 7.09. The minimum atomic E-state index is -1.26. The Morgan fingerprint density at radius 2 is 1.47 bits per heavy atom. The molecule has 2 fully saturated rings. The van der Waals surface area contributed by atoms with E-state index in [4.69, 9.17) is 11.6 Å². The van der Waals surface area contributed by atoms with Crippen molar-refractivity contribution in [1.29, 1.82) is 5.26 Å². The van der Waals surface area contributed by atoms with E-state index in [1.54, 1.807) is 24.3 Å². The average molecular weight is 442 g/mol. The van der Waals surface area contributed by atoms with Gasteiger partial charge >= 0.3 is 0 Å². The van der Waals surface area contributed by atoms with Crippen LogP contribution in [-0.2, 0) is 10.8 Å². The Balaban J connectivity index is 1.39. The maximum Gasteiger partial charge on any atom is 0.184 e. The predicted octanol–water partition coefficient (Wildman–Crippen LogP) is 5.59. The van der Waals surface area contributed by atoms with Crippen molar-refractivity contribution in [2.24, 2.45) is 0 Å². The van der Waals surface area contributed by atoms with Crippen molar-refractivity contribution in [2.45, 2.75) is 66.8 Å². The summed E-state index contributed by atoms with van der Waals surface area (Å²) in [5.74, 6) is 0. The number of anilines is 1. The molecule has 6 heteroatoms. The summed E-state index contributed by atoms with van der Waals surface area (Å²) >= 11 is 5.92. The van der Waals surface area contributed by atoms with Crippen LogP contribution < -0.4 is 4.90 Å². The SMILES string of the molecule is N#CN(c1ccc(S(=O)c2ccc(Cl)cc2)cc1)C1CCN(C2CCCCC2)CC1. The molecule has 1 aliphatic carbocycles. The molecule has 0 radical (unpaired) electrons. The van der Waals surface area contributed by atoms with Gasteiger partial charge < -0.3 is 4.90 Å². The highest BCUT2D eigenvalue weighted by Gasteiger charge is 2.29. The molecule has 2 aliphatic rings. The molecule has 4 nitrogen and oxygen atoms in total. The van der Waals surface area contributed by atoms with Crippen LogP contribution in [-0.4, -0.2) is 34.3 Å². The molecule has 0 spiro atoms. The molecule has 1 saturated heterocycles. The van der Waals surface area contributed by atoms with E-state index in [2.05, 4.69) is 11.1 Å². The van der Waals surface area contributed by atoms with Gasteiger partial charge in [0, 0.05) is 40.0 Å². The van der Waals surface area contributed by atoms with Crippen LogP contribution in [0.25, 0.3) is 0 Å². The van der Waals surface area contributed by atoms with Gasteiger partial charge in [0.2, 0.25) is 0 Å². The summed E-state index contributed by atoms with van der Waals surface area (Å²) in [5, 5.41) is 10.4. The highest BCUT2D eigenvalue weighted by molar-refractivity contribution is 7.85. The minimum Gasteiger partial charge on any atom is -0.300 e. The van der Waals surface area contributed by atoms with Gasteiger partial charge in [-0.15, -0.1) is 0 Å². The first-order valence-electron chi connectivity index (χ1n) is 10.9. The Morgan fingerprint density at radius 1 is 0.900 bits per heavy atom. The topological polar surface area (TPSA) is 47.3 Å². The minimum absolute atomic E-state index is 0.238. The zero-order valence-corrected chi connectivity index (χ0v) is 18.7. The summed E-state index contributed by atoms with van der Waals surface area (Å²) in [6.07, 6.45) is 11.2. The summed E-state index contributed by atoms with van der Waals surface area (Å²) in [6.45, 7) is 2.15. The normalized spacial score (nSPS) is 19.9. The van der Waals surface area contributed by atoms with E-state index in [0.717, 1.165) is 47.5 Å². The van der Waals surface area contributed by atoms with E-state index in [1.165, 1.54) is 32.1 Å². The number of nitrogens with zero attached hydrogens (tertiary/aromatic N) is 3. The fourth-order valence-corrected chi connectivity index (χ4v) is 5.89. The van der Waals surface area contributed by atoms with Crippen LogP contribution >= 0.6 is 11.6 Å². The molecule has 30 heavy (non-hydrogen) atoms. The average Bonchev–Trinajstić information content (AvgIpc) is 2.81. The smallest absolute Gasteiger partial charge is 0.184 e. The lowest BCUT2D eigenvalue weighted by Gasteiger charge is -2.41. The molecule has 0 amide bonds. The molecule has 0 aromatic heterocycles. The number of hydrogen-bond donors (Lipinski definition) is 0. The fourth-order valence-electron chi connectivity index (χ4n) is 4.73. The molecule has 0 bridgehead atoms. The number of benzene rings is 2. The van der Waals surface area contributed by atoms with Gasteiger partial charge in [-0.2, -0.15) is 5.26 Å². The lowest BCUT2D eigenvalue weighted by molar-refractivity contribution is 0.123. The van der Waals surface area contributed by atoms with Gasteiger partial charge in [-0.25, -0.2) is 4.21 Å². The van der Waals surface area contributed by atoms with Gasteiger partial charge in [0.05, 0.1) is 16.5 Å². The number of rotatable bonds is 5. The molecule has 2 aromatic rings. The van der Waals surface area contributed by atoms with E-state index >= 15 is 0 Å². The Hall–Kier alpha value is -1.87. The van der Waals surface area contributed by atoms with Crippen molar-refractivity contribution in [3.05, 3.63) is 53.6 Å². The maximum absolute atomic E-state index is 12.8. The van der Waals surface area contributed by atoms with Gasteiger partial charge in [0.15, 0.2) is 6.19 Å².